The summed E-state index contributed by atoms with van der Waals surface area (Å²) in [5.74, 6) is 1.34. The fourth-order valence-electron chi connectivity index (χ4n) is 2.21. The predicted octanol–water partition coefficient (Wildman–Crippen LogP) is 3.96. The van der Waals surface area contributed by atoms with Crippen molar-refractivity contribution in [1.82, 2.24) is 4.57 Å². The van der Waals surface area contributed by atoms with Crippen LogP contribution in [0.4, 0.5) is 0 Å². The fraction of sp³-hybridized carbons (Fsp3) is 0.375. The molecule has 2 N–H and O–H groups in total. The first-order valence-electron chi connectivity index (χ1n) is 6.75. The Morgan fingerprint density at radius 3 is 2.70 bits per heavy atom. The normalized spacial score (nSPS) is 12.7. The van der Waals surface area contributed by atoms with Gasteiger partial charge in [0, 0.05) is 28.5 Å². The standard InChI is InChI=1S/C16H21BrN2O/c1-11(2)16(18)12-6-7-19(9-12)10-13-8-14(17)4-5-15(13)20-3/h4-9,11,16H,10,18H2,1-3H3. The smallest absolute Gasteiger partial charge is 0.123 e. The largest absolute Gasteiger partial charge is 0.496 e. The first-order valence-corrected chi connectivity index (χ1v) is 7.54. The molecule has 1 heterocycles. The summed E-state index contributed by atoms with van der Waals surface area (Å²) in [4.78, 5) is 0. The predicted molar refractivity (Wildman–Crippen MR) is 86.0 cm³/mol. The van der Waals surface area contributed by atoms with Crippen molar-refractivity contribution < 1.29 is 4.74 Å². The zero-order valence-electron chi connectivity index (χ0n) is 12.1. The maximum absolute atomic E-state index is 6.18. The van der Waals surface area contributed by atoms with Gasteiger partial charge < -0.3 is 15.0 Å². The van der Waals surface area contributed by atoms with Crippen LogP contribution in [0.1, 0.15) is 31.0 Å². The van der Waals surface area contributed by atoms with Gasteiger partial charge in [-0.15, -0.1) is 0 Å². The summed E-state index contributed by atoms with van der Waals surface area (Å²) >= 11 is 3.50. The molecule has 0 aliphatic carbocycles. The SMILES string of the molecule is COc1ccc(Br)cc1Cn1ccc(C(N)C(C)C)c1. The van der Waals surface area contributed by atoms with Gasteiger partial charge in [0.25, 0.3) is 0 Å². The Morgan fingerprint density at radius 1 is 1.30 bits per heavy atom. The van der Waals surface area contributed by atoms with E-state index in [2.05, 4.69) is 58.9 Å². The minimum absolute atomic E-state index is 0.0839. The number of ether oxygens (including phenoxy) is 1. The molecule has 2 rings (SSSR count). The van der Waals surface area contributed by atoms with Gasteiger partial charge in [-0.1, -0.05) is 29.8 Å². The molecular formula is C16H21BrN2O. The topological polar surface area (TPSA) is 40.2 Å². The molecule has 3 nitrogen and oxygen atoms in total. The van der Waals surface area contributed by atoms with Gasteiger partial charge >= 0.3 is 0 Å². The van der Waals surface area contributed by atoms with E-state index in [0.717, 1.165) is 22.3 Å². The van der Waals surface area contributed by atoms with Crippen LogP contribution < -0.4 is 10.5 Å². The zero-order chi connectivity index (χ0) is 14.7. The Balaban J connectivity index is 2.20. The highest BCUT2D eigenvalue weighted by Gasteiger charge is 2.12. The van der Waals surface area contributed by atoms with Crippen molar-refractivity contribution in [2.24, 2.45) is 11.7 Å². The number of benzene rings is 1. The Bertz CT molecular complexity index is 578. The molecule has 0 spiro atoms. The maximum Gasteiger partial charge on any atom is 0.123 e. The van der Waals surface area contributed by atoms with Gasteiger partial charge in [-0.3, -0.25) is 0 Å². The van der Waals surface area contributed by atoms with Gasteiger partial charge in [-0.25, -0.2) is 0 Å². The number of methoxy groups -OCH3 is 1. The first-order chi connectivity index (χ1) is 9.51. The van der Waals surface area contributed by atoms with Crippen LogP contribution in [0.2, 0.25) is 0 Å². The van der Waals surface area contributed by atoms with Crippen molar-refractivity contribution >= 4 is 15.9 Å². The molecule has 0 bridgehead atoms. The lowest BCUT2D eigenvalue weighted by Gasteiger charge is -2.14. The van der Waals surface area contributed by atoms with E-state index in [9.17, 15) is 0 Å². The third-order valence-corrected chi connectivity index (χ3v) is 3.97. The van der Waals surface area contributed by atoms with E-state index in [0.29, 0.717) is 5.92 Å². The second-order valence-corrected chi connectivity index (χ2v) is 6.26. The van der Waals surface area contributed by atoms with E-state index in [1.54, 1.807) is 7.11 Å². The van der Waals surface area contributed by atoms with Crippen molar-refractivity contribution in [2.75, 3.05) is 7.11 Å². The number of nitrogens with two attached hydrogens (primary N) is 1. The number of halogens is 1. The van der Waals surface area contributed by atoms with Crippen molar-refractivity contribution in [3.8, 4) is 5.75 Å². The van der Waals surface area contributed by atoms with Gasteiger partial charge in [0.2, 0.25) is 0 Å². The van der Waals surface area contributed by atoms with Gasteiger partial charge in [-0.05, 0) is 35.7 Å². The van der Waals surface area contributed by atoms with Gasteiger partial charge in [0.05, 0.1) is 13.7 Å². The third-order valence-electron chi connectivity index (χ3n) is 3.47. The third kappa shape index (κ3) is 3.44. The Hall–Kier alpha value is -1.26. The molecule has 0 fully saturated rings. The van der Waals surface area contributed by atoms with Crippen molar-refractivity contribution in [3.05, 3.63) is 52.3 Å². The number of aromatic nitrogens is 1. The molecule has 1 unspecified atom stereocenters. The van der Waals surface area contributed by atoms with Crippen molar-refractivity contribution in [2.45, 2.75) is 26.4 Å². The highest BCUT2D eigenvalue weighted by molar-refractivity contribution is 9.10. The monoisotopic (exact) mass is 336 g/mol. The molecule has 0 radical (unpaired) electrons. The van der Waals surface area contributed by atoms with Crippen LogP contribution in [-0.2, 0) is 6.54 Å². The summed E-state index contributed by atoms with van der Waals surface area (Å²) < 4.78 is 8.60. The number of nitrogens with zero attached hydrogens (tertiary/aromatic N) is 1. The molecule has 0 aliphatic rings. The van der Waals surface area contributed by atoms with Crippen molar-refractivity contribution in [1.29, 1.82) is 0 Å². The van der Waals surface area contributed by atoms with Crippen LogP contribution in [0.15, 0.2) is 41.1 Å². The summed E-state index contributed by atoms with van der Waals surface area (Å²) in [5, 5.41) is 0. The lowest BCUT2D eigenvalue weighted by Crippen LogP contribution is -2.15. The van der Waals surface area contributed by atoms with Crippen LogP contribution in [0, 0.1) is 5.92 Å². The molecule has 20 heavy (non-hydrogen) atoms. The van der Waals surface area contributed by atoms with E-state index in [-0.39, 0.29) is 6.04 Å². The molecule has 0 saturated carbocycles. The Morgan fingerprint density at radius 2 is 2.05 bits per heavy atom. The average Bonchev–Trinajstić information content (AvgIpc) is 2.86. The quantitative estimate of drug-likeness (QED) is 0.897. The van der Waals surface area contributed by atoms with Crippen molar-refractivity contribution in [3.63, 3.8) is 0 Å². The van der Waals surface area contributed by atoms with Crippen LogP contribution in [0.25, 0.3) is 0 Å². The molecular weight excluding hydrogens is 316 g/mol. The van der Waals surface area contributed by atoms with Crippen LogP contribution in [0.5, 0.6) is 5.75 Å². The number of rotatable bonds is 5. The molecule has 0 amide bonds. The van der Waals surface area contributed by atoms with Crippen LogP contribution in [-0.4, -0.2) is 11.7 Å². The molecule has 1 atom stereocenters. The molecule has 1 aromatic heterocycles. The van der Waals surface area contributed by atoms with Gasteiger partial charge in [0.1, 0.15) is 5.75 Å². The number of hydrogen-bond acceptors (Lipinski definition) is 2. The summed E-state index contributed by atoms with van der Waals surface area (Å²) in [6.07, 6.45) is 4.18. The highest BCUT2D eigenvalue weighted by atomic mass is 79.9. The van der Waals surface area contributed by atoms with E-state index < -0.39 is 0 Å². The van der Waals surface area contributed by atoms with E-state index in [1.165, 1.54) is 5.56 Å². The minimum Gasteiger partial charge on any atom is -0.496 e. The molecule has 108 valence electrons. The molecule has 0 saturated heterocycles. The molecule has 0 aliphatic heterocycles. The molecule has 2 aromatic rings. The zero-order valence-corrected chi connectivity index (χ0v) is 13.7. The maximum atomic E-state index is 6.18. The Kier molecular flexibility index (Phi) is 4.89. The Labute approximate surface area is 128 Å². The van der Waals surface area contributed by atoms with E-state index >= 15 is 0 Å². The average molecular weight is 337 g/mol. The summed E-state index contributed by atoms with van der Waals surface area (Å²) in [5.41, 5.74) is 8.50. The lowest BCUT2D eigenvalue weighted by atomic mass is 10.00. The number of hydrogen-bond donors (Lipinski definition) is 1. The van der Waals surface area contributed by atoms with Gasteiger partial charge in [0.15, 0.2) is 0 Å². The van der Waals surface area contributed by atoms with Crippen LogP contribution in [0.3, 0.4) is 0 Å². The minimum atomic E-state index is 0.0839. The summed E-state index contributed by atoms with van der Waals surface area (Å²) in [6, 6.07) is 8.22. The van der Waals surface area contributed by atoms with Gasteiger partial charge in [-0.2, -0.15) is 0 Å². The fourth-order valence-corrected chi connectivity index (χ4v) is 2.62. The highest BCUT2D eigenvalue weighted by Crippen LogP contribution is 2.25. The lowest BCUT2D eigenvalue weighted by molar-refractivity contribution is 0.408. The first kappa shape index (κ1) is 15.1. The van der Waals surface area contributed by atoms with E-state index in [1.807, 2.05) is 12.1 Å². The summed E-state index contributed by atoms with van der Waals surface area (Å²) in [6.45, 7) is 5.05. The van der Waals surface area contributed by atoms with E-state index in [4.69, 9.17) is 10.5 Å². The second kappa shape index (κ2) is 6.46. The summed E-state index contributed by atoms with van der Waals surface area (Å²) in [7, 11) is 1.70. The van der Waals surface area contributed by atoms with Crippen LogP contribution >= 0.6 is 15.9 Å². The second-order valence-electron chi connectivity index (χ2n) is 5.34. The molecule has 4 heteroatoms. The molecule has 1 aromatic carbocycles.